The van der Waals surface area contributed by atoms with Gasteiger partial charge in [0, 0.05) is 0 Å². The van der Waals surface area contributed by atoms with Gasteiger partial charge in [0.15, 0.2) is 7.60 Å². The average molecular weight is 342 g/mol. The van der Waals surface area contributed by atoms with Gasteiger partial charge < -0.3 is 23.9 Å². The summed E-state index contributed by atoms with van der Waals surface area (Å²) < 4.78 is 15.2. The van der Waals surface area contributed by atoms with Crippen LogP contribution in [0, 0.1) is 0 Å². The summed E-state index contributed by atoms with van der Waals surface area (Å²) in [4.78, 5) is 21.1. The fraction of sp³-hybridized carbons (Fsp3) is 0.588. The topological polar surface area (TPSA) is 89.5 Å². The van der Waals surface area contributed by atoms with E-state index in [0.717, 1.165) is 31.3 Å². The van der Waals surface area contributed by atoms with E-state index in [0.29, 0.717) is 6.42 Å². The maximum Gasteiger partial charge on any atom is 0.180 e. The van der Waals surface area contributed by atoms with Crippen LogP contribution in [0.1, 0.15) is 59.8 Å². The van der Waals surface area contributed by atoms with Crippen molar-refractivity contribution in [3.63, 3.8) is 0 Å². The van der Waals surface area contributed by atoms with Crippen LogP contribution in [0.4, 0.5) is 4.79 Å². The first kappa shape index (κ1) is 21.8. The lowest BCUT2D eigenvalue weighted by atomic mass is 10.1. The third-order valence-electron chi connectivity index (χ3n) is 3.22. The highest BCUT2D eigenvalue weighted by molar-refractivity contribution is 7.68. The highest BCUT2D eigenvalue weighted by atomic mass is 31.2. The fourth-order valence-electron chi connectivity index (χ4n) is 1.87. The van der Waals surface area contributed by atoms with Crippen molar-refractivity contribution in [2.75, 3.05) is 6.61 Å². The summed E-state index contributed by atoms with van der Waals surface area (Å²) in [6.45, 7) is 8.09. The minimum absolute atomic E-state index is 0.177. The molecule has 0 saturated carbocycles. The lowest BCUT2D eigenvalue weighted by Gasteiger charge is -2.23. The Hall–Kier alpha value is -1.16. The van der Waals surface area contributed by atoms with Gasteiger partial charge in [-0.25, -0.2) is 0 Å². The fourth-order valence-corrected chi connectivity index (χ4v) is 2.32. The van der Waals surface area contributed by atoms with E-state index in [1.54, 1.807) is 0 Å². The molecule has 0 saturated heterocycles. The monoisotopic (exact) mass is 342 g/mol. The van der Waals surface area contributed by atoms with Crippen LogP contribution in [0.3, 0.4) is 0 Å². The number of hydrogen-bond acceptors (Lipinski definition) is 5. The van der Waals surface area contributed by atoms with E-state index in [9.17, 15) is 19.4 Å². The molecular formula is C17H27O5P-2. The van der Waals surface area contributed by atoms with E-state index in [-0.39, 0.29) is 6.61 Å². The Kier molecular flexibility index (Phi) is 10.8. The summed E-state index contributed by atoms with van der Waals surface area (Å²) >= 11 is 0. The Balaban J connectivity index is 4.01. The lowest BCUT2D eigenvalue weighted by Crippen LogP contribution is -2.27. The molecule has 0 bridgehead atoms. The summed E-state index contributed by atoms with van der Waals surface area (Å²) in [5.74, 6) is 0. The summed E-state index contributed by atoms with van der Waals surface area (Å²) in [6, 6.07) is 0. The summed E-state index contributed by atoms with van der Waals surface area (Å²) in [5.41, 5.74) is 1.64. The molecule has 0 aliphatic heterocycles. The number of carboxylic acid groups (broad SMARTS) is 1. The van der Waals surface area contributed by atoms with Gasteiger partial charge in [-0.3, -0.25) is 0 Å². The maximum absolute atomic E-state index is 10.9. The molecule has 0 aliphatic rings. The van der Waals surface area contributed by atoms with E-state index in [4.69, 9.17) is 0 Å². The van der Waals surface area contributed by atoms with Gasteiger partial charge in [0.2, 0.25) is 0 Å². The zero-order valence-corrected chi connectivity index (χ0v) is 15.4. The van der Waals surface area contributed by atoms with Crippen LogP contribution in [0.2, 0.25) is 0 Å². The molecule has 0 radical (unpaired) electrons. The second-order valence-electron chi connectivity index (χ2n) is 5.85. The summed E-state index contributed by atoms with van der Waals surface area (Å²) in [6.07, 6.45) is 10.6. The molecule has 1 atom stereocenters. The normalized spacial score (nSPS) is 15.2. The van der Waals surface area contributed by atoms with E-state index in [1.165, 1.54) is 11.1 Å². The molecule has 0 spiro atoms. The van der Waals surface area contributed by atoms with Crippen molar-refractivity contribution < 1.29 is 23.9 Å². The largest absolute Gasteiger partial charge is 0.774 e. The van der Waals surface area contributed by atoms with Crippen LogP contribution in [0.25, 0.3) is 0 Å². The van der Waals surface area contributed by atoms with Gasteiger partial charge in [-0.05, 0) is 59.8 Å². The minimum Gasteiger partial charge on any atom is -0.774 e. The SMILES string of the molecule is CC(C)=CCC/C(C)=C/CC/C(C)=C/CCOP(=O)([O-])C(=O)[O-]. The predicted octanol–water partition coefficient (Wildman–Crippen LogP) is 3.71. The van der Waals surface area contributed by atoms with Crippen LogP contribution in [0.15, 0.2) is 34.9 Å². The first-order chi connectivity index (χ1) is 10.6. The first-order valence-corrected chi connectivity index (χ1v) is 9.31. The van der Waals surface area contributed by atoms with Crippen molar-refractivity contribution in [3.8, 4) is 0 Å². The Labute approximate surface area is 139 Å². The molecule has 0 amide bonds. The van der Waals surface area contributed by atoms with Crippen LogP contribution < -0.4 is 10.00 Å². The molecule has 0 aromatic carbocycles. The number of carbonyl (C=O) groups is 1. The molecule has 0 N–H and O–H groups in total. The molecule has 0 aliphatic carbocycles. The van der Waals surface area contributed by atoms with Crippen LogP contribution in [0.5, 0.6) is 0 Å². The molecule has 0 fully saturated rings. The molecule has 23 heavy (non-hydrogen) atoms. The van der Waals surface area contributed by atoms with E-state index in [1.807, 2.05) is 13.0 Å². The van der Waals surface area contributed by atoms with Gasteiger partial charge in [-0.1, -0.05) is 34.9 Å². The third kappa shape index (κ3) is 12.0. The van der Waals surface area contributed by atoms with Crippen molar-refractivity contribution in [2.24, 2.45) is 0 Å². The molecular weight excluding hydrogens is 315 g/mol. The maximum atomic E-state index is 10.9. The van der Waals surface area contributed by atoms with Crippen molar-refractivity contribution >= 4 is 13.3 Å². The highest BCUT2D eigenvalue weighted by Gasteiger charge is 2.08. The second kappa shape index (κ2) is 11.4. The summed E-state index contributed by atoms with van der Waals surface area (Å²) in [7, 11) is -4.86. The Morgan fingerprint density at radius 2 is 1.43 bits per heavy atom. The zero-order valence-electron chi connectivity index (χ0n) is 14.5. The molecule has 0 heterocycles. The van der Waals surface area contributed by atoms with Gasteiger partial charge in [-0.2, -0.15) is 0 Å². The quantitative estimate of drug-likeness (QED) is 0.324. The van der Waals surface area contributed by atoms with E-state index < -0.39 is 13.3 Å². The number of allylic oxidation sites excluding steroid dienone is 5. The van der Waals surface area contributed by atoms with Crippen LogP contribution in [-0.2, 0) is 9.09 Å². The summed E-state index contributed by atoms with van der Waals surface area (Å²) in [5, 5.41) is 10.2. The van der Waals surface area contributed by atoms with Crippen LogP contribution >= 0.6 is 7.60 Å². The number of carbonyl (C=O) groups excluding carboxylic acids is 1. The van der Waals surface area contributed by atoms with Gasteiger partial charge in [0.05, 0.1) is 6.61 Å². The Morgan fingerprint density at radius 1 is 0.957 bits per heavy atom. The molecule has 0 rings (SSSR count). The molecule has 6 heteroatoms. The van der Waals surface area contributed by atoms with Gasteiger partial charge in [0.1, 0.15) is 5.71 Å². The van der Waals surface area contributed by atoms with E-state index in [2.05, 4.69) is 37.4 Å². The first-order valence-electron chi connectivity index (χ1n) is 7.77. The third-order valence-corrected chi connectivity index (χ3v) is 4.19. The van der Waals surface area contributed by atoms with Crippen molar-refractivity contribution in [3.05, 3.63) is 34.9 Å². The van der Waals surface area contributed by atoms with Gasteiger partial charge in [-0.15, -0.1) is 0 Å². The molecule has 1 unspecified atom stereocenters. The molecule has 5 nitrogen and oxygen atoms in total. The van der Waals surface area contributed by atoms with Gasteiger partial charge >= 0.3 is 0 Å². The predicted molar refractivity (Wildman–Crippen MR) is 89.0 cm³/mol. The second-order valence-corrected chi connectivity index (χ2v) is 7.46. The van der Waals surface area contributed by atoms with Crippen molar-refractivity contribution in [1.29, 1.82) is 0 Å². The van der Waals surface area contributed by atoms with Crippen molar-refractivity contribution in [2.45, 2.75) is 59.8 Å². The molecule has 0 aromatic heterocycles. The number of hydrogen-bond donors (Lipinski definition) is 0. The minimum atomic E-state index is -4.86. The van der Waals surface area contributed by atoms with E-state index >= 15 is 0 Å². The lowest BCUT2D eigenvalue weighted by molar-refractivity contribution is -0.257. The molecule has 0 aromatic rings. The van der Waals surface area contributed by atoms with Crippen LogP contribution in [-0.4, -0.2) is 12.3 Å². The number of rotatable bonds is 11. The standard InChI is InChI=1S/C17H29O5P/c1-14(2)8-5-9-15(3)10-6-11-16(4)12-7-13-22-23(20,21)17(18)19/h8,10,12H,5-7,9,11,13H2,1-4H3,(H,18,19)(H,20,21)/p-2/b15-10+,16-12+. The molecule has 132 valence electrons. The smallest absolute Gasteiger partial charge is 0.180 e. The Bertz CT molecular complexity index is 513. The Morgan fingerprint density at radius 3 is 1.91 bits per heavy atom. The van der Waals surface area contributed by atoms with Crippen molar-refractivity contribution in [1.82, 2.24) is 0 Å². The zero-order chi connectivity index (χ0) is 17.9. The highest BCUT2D eigenvalue weighted by Crippen LogP contribution is 2.35. The average Bonchev–Trinajstić information content (AvgIpc) is 2.43. The van der Waals surface area contributed by atoms with Gasteiger partial charge in [0.25, 0.3) is 0 Å².